The van der Waals surface area contributed by atoms with Gasteiger partial charge in [0, 0.05) is 23.6 Å². The van der Waals surface area contributed by atoms with E-state index in [1.54, 1.807) is 0 Å². The van der Waals surface area contributed by atoms with E-state index in [2.05, 4.69) is 56.7 Å². The zero-order valence-electron chi connectivity index (χ0n) is 12.0. The molecule has 0 atom stereocenters. The molecular weight excluding hydrogens is 220 g/mol. The average molecular weight is 244 g/mol. The zero-order valence-corrected chi connectivity index (χ0v) is 12.0. The quantitative estimate of drug-likeness (QED) is 0.878. The second-order valence-corrected chi connectivity index (χ2v) is 6.13. The molecule has 0 unspecified atom stereocenters. The van der Waals surface area contributed by atoms with Crippen LogP contribution >= 0.6 is 0 Å². The number of fused-ring (bicyclic) bond motifs is 1. The number of rotatable bonds is 3. The highest BCUT2D eigenvalue weighted by Crippen LogP contribution is 2.28. The summed E-state index contributed by atoms with van der Waals surface area (Å²) in [5, 5.41) is 1.37. The van der Waals surface area contributed by atoms with Gasteiger partial charge >= 0.3 is 0 Å². The minimum Gasteiger partial charge on any atom is -0.347 e. The fourth-order valence-corrected chi connectivity index (χ4v) is 2.39. The third-order valence-electron chi connectivity index (χ3n) is 3.55. The van der Waals surface area contributed by atoms with E-state index in [1.165, 1.54) is 22.0 Å². The Morgan fingerprint density at radius 2 is 1.94 bits per heavy atom. The standard InChI is InChI=1S/C16H24N2/c1-12-11-18(9-5-8-17)15-7-6-13(10-14(12)15)16(2,3)4/h6-7,10-11H,5,8-9,17H2,1-4H3. The number of nitrogens with two attached hydrogens (primary N) is 1. The van der Waals surface area contributed by atoms with Gasteiger partial charge in [0.05, 0.1) is 0 Å². The molecule has 0 saturated heterocycles. The number of hydrogen-bond donors (Lipinski definition) is 1. The van der Waals surface area contributed by atoms with Crippen LogP contribution in [0.5, 0.6) is 0 Å². The third-order valence-corrected chi connectivity index (χ3v) is 3.55. The Kier molecular flexibility index (Phi) is 3.49. The molecule has 0 spiro atoms. The molecule has 1 aromatic carbocycles. The van der Waals surface area contributed by atoms with E-state index in [1.807, 2.05) is 0 Å². The van der Waals surface area contributed by atoms with Crippen molar-refractivity contribution in [3.05, 3.63) is 35.5 Å². The Balaban J connectivity index is 2.49. The largest absolute Gasteiger partial charge is 0.347 e. The molecule has 0 aliphatic heterocycles. The number of hydrogen-bond acceptors (Lipinski definition) is 1. The van der Waals surface area contributed by atoms with Crippen LogP contribution in [-0.2, 0) is 12.0 Å². The Labute approximate surface area is 110 Å². The Morgan fingerprint density at radius 3 is 2.56 bits per heavy atom. The molecule has 0 amide bonds. The lowest BCUT2D eigenvalue weighted by Crippen LogP contribution is -2.10. The Bertz CT molecular complexity index is 544. The predicted molar refractivity (Wildman–Crippen MR) is 79.0 cm³/mol. The van der Waals surface area contributed by atoms with Gasteiger partial charge in [0.1, 0.15) is 0 Å². The first-order valence-corrected chi connectivity index (χ1v) is 6.73. The van der Waals surface area contributed by atoms with E-state index >= 15 is 0 Å². The lowest BCUT2D eigenvalue weighted by atomic mass is 9.86. The molecule has 1 aromatic heterocycles. The monoisotopic (exact) mass is 244 g/mol. The molecule has 0 aliphatic carbocycles. The van der Waals surface area contributed by atoms with Gasteiger partial charge in [-0.25, -0.2) is 0 Å². The highest BCUT2D eigenvalue weighted by atomic mass is 15.0. The summed E-state index contributed by atoms with van der Waals surface area (Å²) in [5.41, 5.74) is 9.88. The molecule has 18 heavy (non-hydrogen) atoms. The van der Waals surface area contributed by atoms with Crippen molar-refractivity contribution < 1.29 is 0 Å². The summed E-state index contributed by atoms with van der Waals surface area (Å²) in [7, 11) is 0. The van der Waals surface area contributed by atoms with Crippen LogP contribution in [0.4, 0.5) is 0 Å². The summed E-state index contributed by atoms with van der Waals surface area (Å²) in [6, 6.07) is 6.84. The molecule has 2 N–H and O–H groups in total. The van der Waals surface area contributed by atoms with Crippen molar-refractivity contribution in [2.75, 3.05) is 6.54 Å². The number of benzene rings is 1. The van der Waals surface area contributed by atoms with Gasteiger partial charge in [-0.1, -0.05) is 26.8 Å². The molecule has 0 aliphatic rings. The van der Waals surface area contributed by atoms with E-state index < -0.39 is 0 Å². The predicted octanol–water partition coefficient (Wildman–Crippen LogP) is 3.60. The normalized spacial score (nSPS) is 12.3. The summed E-state index contributed by atoms with van der Waals surface area (Å²) < 4.78 is 2.32. The minimum absolute atomic E-state index is 0.208. The molecule has 2 aromatic rings. The van der Waals surface area contributed by atoms with Crippen molar-refractivity contribution in [1.82, 2.24) is 4.57 Å². The van der Waals surface area contributed by atoms with Gasteiger partial charge in [-0.15, -0.1) is 0 Å². The molecule has 98 valence electrons. The summed E-state index contributed by atoms with van der Waals surface area (Å²) in [6.45, 7) is 10.7. The number of aryl methyl sites for hydroxylation is 2. The van der Waals surface area contributed by atoms with Crippen molar-refractivity contribution in [3.63, 3.8) is 0 Å². The van der Waals surface area contributed by atoms with Crippen LogP contribution in [0.25, 0.3) is 10.9 Å². The third kappa shape index (κ3) is 2.44. The zero-order chi connectivity index (χ0) is 13.3. The first kappa shape index (κ1) is 13.2. The van der Waals surface area contributed by atoms with E-state index in [-0.39, 0.29) is 5.41 Å². The summed E-state index contributed by atoms with van der Waals surface area (Å²) in [5.74, 6) is 0. The van der Waals surface area contributed by atoms with Gasteiger partial charge in [0.25, 0.3) is 0 Å². The van der Waals surface area contributed by atoms with Gasteiger partial charge in [0.15, 0.2) is 0 Å². The Hall–Kier alpha value is -1.28. The van der Waals surface area contributed by atoms with Gasteiger partial charge in [-0.3, -0.25) is 0 Å². The van der Waals surface area contributed by atoms with Crippen molar-refractivity contribution in [2.45, 2.75) is 46.1 Å². The minimum atomic E-state index is 0.208. The molecular formula is C16H24N2. The van der Waals surface area contributed by atoms with Crippen LogP contribution in [0.3, 0.4) is 0 Å². The van der Waals surface area contributed by atoms with Crippen LogP contribution in [-0.4, -0.2) is 11.1 Å². The average Bonchev–Trinajstić information content (AvgIpc) is 2.62. The van der Waals surface area contributed by atoms with Crippen molar-refractivity contribution in [3.8, 4) is 0 Å². The number of aromatic nitrogens is 1. The summed E-state index contributed by atoms with van der Waals surface area (Å²) in [6.07, 6.45) is 3.27. The van der Waals surface area contributed by atoms with Crippen molar-refractivity contribution in [1.29, 1.82) is 0 Å². The van der Waals surface area contributed by atoms with E-state index in [9.17, 15) is 0 Å². The fourth-order valence-electron chi connectivity index (χ4n) is 2.39. The van der Waals surface area contributed by atoms with E-state index in [0.717, 1.165) is 19.5 Å². The molecule has 2 heteroatoms. The van der Waals surface area contributed by atoms with E-state index in [4.69, 9.17) is 5.73 Å². The van der Waals surface area contributed by atoms with Crippen LogP contribution in [0.1, 0.15) is 38.3 Å². The molecule has 0 fully saturated rings. The van der Waals surface area contributed by atoms with Crippen molar-refractivity contribution in [2.24, 2.45) is 5.73 Å². The second kappa shape index (κ2) is 4.77. The topological polar surface area (TPSA) is 30.9 Å². The highest BCUT2D eigenvalue weighted by Gasteiger charge is 2.15. The van der Waals surface area contributed by atoms with Gasteiger partial charge in [-0.05, 0) is 48.6 Å². The second-order valence-electron chi connectivity index (χ2n) is 6.13. The van der Waals surface area contributed by atoms with Crippen LogP contribution < -0.4 is 5.73 Å². The maximum Gasteiger partial charge on any atom is 0.0483 e. The first-order chi connectivity index (χ1) is 8.43. The molecule has 2 rings (SSSR count). The summed E-state index contributed by atoms with van der Waals surface area (Å²) in [4.78, 5) is 0. The fraction of sp³-hybridized carbons (Fsp3) is 0.500. The van der Waals surface area contributed by atoms with Crippen LogP contribution in [0, 0.1) is 6.92 Å². The molecule has 1 heterocycles. The van der Waals surface area contributed by atoms with Crippen molar-refractivity contribution >= 4 is 10.9 Å². The molecule has 0 bridgehead atoms. The van der Waals surface area contributed by atoms with Gasteiger partial charge in [-0.2, -0.15) is 0 Å². The Morgan fingerprint density at radius 1 is 1.22 bits per heavy atom. The van der Waals surface area contributed by atoms with Gasteiger partial charge in [0.2, 0.25) is 0 Å². The maximum absolute atomic E-state index is 5.60. The lowest BCUT2D eigenvalue weighted by Gasteiger charge is -2.19. The molecule has 0 radical (unpaired) electrons. The molecule has 0 saturated carbocycles. The van der Waals surface area contributed by atoms with E-state index in [0.29, 0.717) is 0 Å². The van der Waals surface area contributed by atoms with Crippen LogP contribution in [0.2, 0.25) is 0 Å². The lowest BCUT2D eigenvalue weighted by molar-refractivity contribution is 0.591. The highest BCUT2D eigenvalue weighted by molar-refractivity contribution is 5.84. The summed E-state index contributed by atoms with van der Waals surface area (Å²) >= 11 is 0. The van der Waals surface area contributed by atoms with Crippen LogP contribution in [0.15, 0.2) is 24.4 Å². The number of nitrogens with zero attached hydrogens (tertiary/aromatic N) is 1. The SMILES string of the molecule is Cc1cn(CCCN)c2ccc(C(C)(C)C)cc12. The van der Waals surface area contributed by atoms with Gasteiger partial charge < -0.3 is 10.3 Å². The smallest absolute Gasteiger partial charge is 0.0483 e. The maximum atomic E-state index is 5.60. The molecule has 2 nitrogen and oxygen atoms in total. The first-order valence-electron chi connectivity index (χ1n) is 6.73.